The van der Waals surface area contributed by atoms with Crippen LogP contribution in [0.4, 0.5) is 0 Å². The predicted octanol–water partition coefficient (Wildman–Crippen LogP) is 3.09. The minimum absolute atomic E-state index is 0.183. The molecule has 1 aliphatic rings. The Kier molecular flexibility index (Phi) is 3.94. The largest absolute Gasteiger partial charge is 0.364 e. The van der Waals surface area contributed by atoms with Gasteiger partial charge in [-0.05, 0) is 36.6 Å². The van der Waals surface area contributed by atoms with Crippen LogP contribution >= 0.6 is 15.9 Å². The molecule has 0 N–H and O–H groups in total. The van der Waals surface area contributed by atoms with Crippen LogP contribution in [-0.2, 0) is 15.6 Å². The van der Waals surface area contributed by atoms with Crippen LogP contribution in [0.1, 0.15) is 45.9 Å². The second-order valence-corrected chi connectivity index (χ2v) is 8.64. The Bertz CT molecular complexity index is 837. The van der Waals surface area contributed by atoms with Gasteiger partial charge < -0.3 is 4.52 Å². The maximum atomic E-state index is 12.8. The monoisotopic (exact) mass is 383 g/mol. The second kappa shape index (κ2) is 5.62. The number of aromatic nitrogens is 1. The van der Waals surface area contributed by atoms with E-state index in [1.807, 2.05) is 0 Å². The average Bonchev–Trinajstić information content (AvgIpc) is 3.14. The Morgan fingerprint density at radius 1 is 1.36 bits per heavy atom. The Morgan fingerprint density at radius 2 is 2.09 bits per heavy atom. The summed E-state index contributed by atoms with van der Waals surface area (Å²) in [4.78, 5) is 12.8. The van der Waals surface area contributed by atoms with Crippen molar-refractivity contribution < 1.29 is 17.7 Å². The Balaban J connectivity index is 2.03. The number of benzene rings is 1. The number of hydrogen-bond donors (Lipinski definition) is 0. The molecule has 0 aliphatic heterocycles. The van der Waals surface area contributed by atoms with Crippen molar-refractivity contribution in [3.05, 3.63) is 51.3 Å². The molecule has 1 aromatic carbocycles. The molecule has 1 aliphatic carbocycles. The summed E-state index contributed by atoms with van der Waals surface area (Å²) < 4.78 is 28.9. The fraction of sp³-hybridized carbons (Fsp3) is 0.333. The van der Waals surface area contributed by atoms with Crippen molar-refractivity contribution >= 4 is 31.6 Å². The van der Waals surface area contributed by atoms with Crippen LogP contribution in [0.2, 0.25) is 0 Å². The number of carbonyl (C=O) groups excluding carboxylic acids is 1. The van der Waals surface area contributed by atoms with E-state index in [9.17, 15) is 13.2 Å². The first kappa shape index (κ1) is 15.4. The van der Waals surface area contributed by atoms with Gasteiger partial charge in [0.05, 0.1) is 17.0 Å². The van der Waals surface area contributed by atoms with E-state index in [0.29, 0.717) is 22.4 Å². The summed E-state index contributed by atoms with van der Waals surface area (Å²) in [6, 6.07) is 5.03. The van der Waals surface area contributed by atoms with E-state index >= 15 is 0 Å². The summed E-state index contributed by atoms with van der Waals surface area (Å²) in [6.45, 7) is 0. The van der Waals surface area contributed by atoms with Crippen molar-refractivity contribution in [3.8, 4) is 0 Å². The molecule has 0 spiro atoms. The number of nitrogens with zero attached hydrogens (tertiary/aromatic N) is 1. The van der Waals surface area contributed by atoms with Gasteiger partial charge in [0.2, 0.25) is 0 Å². The SMILES string of the molecule is CS(=O)(=O)Cc1cc(Br)ccc1C(=O)c1conc1C1CC1. The molecule has 0 amide bonds. The van der Waals surface area contributed by atoms with Crippen molar-refractivity contribution in [2.75, 3.05) is 6.26 Å². The number of ketones is 1. The summed E-state index contributed by atoms with van der Waals surface area (Å²) in [5.74, 6) is -0.141. The van der Waals surface area contributed by atoms with E-state index in [2.05, 4.69) is 21.1 Å². The van der Waals surface area contributed by atoms with E-state index in [0.717, 1.165) is 23.6 Å². The zero-order valence-corrected chi connectivity index (χ0v) is 14.3. The Hall–Kier alpha value is -1.47. The number of sulfone groups is 1. The summed E-state index contributed by atoms with van der Waals surface area (Å²) in [5.41, 5.74) is 1.96. The van der Waals surface area contributed by atoms with Crippen LogP contribution in [0.15, 0.2) is 33.5 Å². The van der Waals surface area contributed by atoms with Crippen molar-refractivity contribution in [1.82, 2.24) is 5.16 Å². The highest BCUT2D eigenvalue weighted by Crippen LogP contribution is 2.41. The van der Waals surface area contributed by atoms with Gasteiger partial charge in [-0.15, -0.1) is 0 Å². The van der Waals surface area contributed by atoms with Gasteiger partial charge in [0.25, 0.3) is 0 Å². The zero-order valence-electron chi connectivity index (χ0n) is 11.9. The van der Waals surface area contributed by atoms with Crippen LogP contribution < -0.4 is 0 Å². The molecule has 1 aromatic heterocycles. The van der Waals surface area contributed by atoms with Crippen LogP contribution in [0, 0.1) is 0 Å². The number of hydrogen-bond acceptors (Lipinski definition) is 5. The highest BCUT2D eigenvalue weighted by molar-refractivity contribution is 9.10. The molecule has 1 heterocycles. The first-order valence-electron chi connectivity index (χ1n) is 6.80. The van der Waals surface area contributed by atoms with E-state index in [1.165, 1.54) is 6.26 Å². The molecule has 1 fully saturated rings. The number of rotatable bonds is 5. The molecule has 0 bridgehead atoms. The van der Waals surface area contributed by atoms with Gasteiger partial charge >= 0.3 is 0 Å². The average molecular weight is 384 g/mol. The maximum Gasteiger partial charge on any atom is 0.198 e. The third-order valence-electron chi connectivity index (χ3n) is 3.54. The van der Waals surface area contributed by atoms with Gasteiger partial charge in [-0.25, -0.2) is 8.42 Å². The van der Waals surface area contributed by atoms with Crippen molar-refractivity contribution in [2.45, 2.75) is 24.5 Å². The van der Waals surface area contributed by atoms with Gasteiger partial charge in [0.1, 0.15) is 6.26 Å². The first-order chi connectivity index (χ1) is 10.3. The smallest absolute Gasteiger partial charge is 0.198 e. The second-order valence-electron chi connectivity index (χ2n) is 5.59. The van der Waals surface area contributed by atoms with Crippen LogP contribution in [0.3, 0.4) is 0 Å². The first-order valence-corrected chi connectivity index (χ1v) is 9.65. The number of carbonyl (C=O) groups is 1. The van der Waals surface area contributed by atoms with E-state index < -0.39 is 9.84 Å². The van der Waals surface area contributed by atoms with E-state index in [-0.39, 0.29) is 17.5 Å². The summed E-state index contributed by atoms with van der Waals surface area (Å²) in [7, 11) is -3.24. The third kappa shape index (κ3) is 3.30. The molecule has 0 saturated heterocycles. The third-order valence-corrected chi connectivity index (χ3v) is 4.86. The Morgan fingerprint density at radius 3 is 2.73 bits per heavy atom. The predicted molar refractivity (Wildman–Crippen MR) is 84.6 cm³/mol. The molecule has 0 atom stereocenters. The molecule has 0 radical (unpaired) electrons. The molecular formula is C15H14BrNO4S. The molecule has 7 heteroatoms. The summed E-state index contributed by atoms with van der Waals surface area (Å²) in [5, 5.41) is 3.92. The molecule has 116 valence electrons. The topological polar surface area (TPSA) is 77.2 Å². The molecular weight excluding hydrogens is 370 g/mol. The summed E-state index contributed by atoms with van der Waals surface area (Å²) >= 11 is 3.31. The fourth-order valence-electron chi connectivity index (χ4n) is 2.40. The maximum absolute atomic E-state index is 12.8. The fourth-order valence-corrected chi connectivity index (χ4v) is 3.61. The number of halogens is 1. The van der Waals surface area contributed by atoms with Gasteiger partial charge in [-0.1, -0.05) is 21.1 Å². The molecule has 2 aromatic rings. The molecule has 0 unspecified atom stereocenters. The highest BCUT2D eigenvalue weighted by Gasteiger charge is 2.32. The lowest BCUT2D eigenvalue weighted by molar-refractivity contribution is 0.103. The lowest BCUT2D eigenvalue weighted by Gasteiger charge is -2.08. The quantitative estimate of drug-likeness (QED) is 0.741. The lowest BCUT2D eigenvalue weighted by Crippen LogP contribution is -2.10. The van der Waals surface area contributed by atoms with Crippen molar-refractivity contribution in [1.29, 1.82) is 0 Å². The van der Waals surface area contributed by atoms with Gasteiger partial charge in [-0.3, -0.25) is 4.79 Å². The standard InChI is InChI=1S/C15H14BrNO4S/c1-22(19,20)8-10-6-11(16)4-5-12(10)15(18)13-7-21-17-14(13)9-2-3-9/h4-7,9H,2-3,8H2,1H3. The Labute approximate surface area is 136 Å². The molecule has 5 nitrogen and oxygen atoms in total. The lowest BCUT2D eigenvalue weighted by atomic mass is 9.98. The van der Waals surface area contributed by atoms with Crippen molar-refractivity contribution in [3.63, 3.8) is 0 Å². The zero-order chi connectivity index (χ0) is 15.9. The van der Waals surface area contributed by atoms with Crippen molar-refractivity contribution in [2.24, 2.45) is 0 Å². The van der Waals surface area contributed by atoms with Gasteiger partial charge in [-0.2, -0.15) is 0 Å². The van der Waals surface area contributed by atoms with Gasteiger partial charge in [0.15, 0.2) is 15.6 Å². The van der Waals surface area contributed by atoms with E-state index in [1.54, 1.807) is 18.2 Å². The minimum atomic E-state index is -3.24. The van der Waals surface area contributed by atoms with Gasteiger partial charge in [0, 0.05) is 22.2 Å². The normalized spacial score (nSPS) is 15.0. The summed E-state index contributed by atoms with van der Waals surface area (Å²) in [6.07, 6.45) is 4.51. The van der Waals surface area contributed by atoms with Crippen LogP contribution in [0.25, 0.3) is 0 Å². The highest BCUT2D eigenvalue weighted by atomic mass is 79.9. The van der Waals surface area contributed by atoms with Crippen LogP contribution in [-0.4, -0.2) is 25.6 Å². The minimum Gasteiger partial charge on any atom is -0.364 e. The molecule has 1 saturated carbocycles. The van der Waals surface area contributed by atoms with E-state index in [4.69, 9.17) is 4.52 Å². The van der Waals surface area contributed by atoms with Crippen LogP contribution in [0.5, 0.6) is 0 Å². The molecule has 22 heavy (non-hydrogen) atoms. The molecule has 3 rings (SSSR count).